The largest absolute Gasteiger partial charge is 0.311 e. The van der Waals surface area contributed by atoms with E-state index < -0.39 is 0 Å². The third-order valence-electron chi connectivity index (χ3n) is 12.0. The third kappa shape index (κ3) is 5.49. The van der Waals surface area contributed by atoms with Gasteiger partial charge in [-0.2, -0.15) is 0 Å². The van der Waals surface area contributed by atoms with Gasteiger partial charge in [-0.1, -0.05) is 140 Å². The second kappa shape index (κ2) is 13.0. The smallest absolute Gasteiger partial charge is 0.252 e. The molecule has 7 aromatic carbocycles. The zero-order valence-electron chi connectivity index (χ0n) is 30.6. The molecule has 0 spiro atoms. The highest BCUT2D eigenvalue weighted by atomic mass is 15.2. The van der Waals surface area contributed by atoms with Crippen molar-refractivity contribution >= 4 is 57.2 Å². The van der Waals surface area contributed by atoms with Crippen LogP contribution in [0, 0.1) is 13.8 Å². The predicted molar refractivity (Wildman–Crippen MR) is 227 cm³/mol. The van der Waals surface area contributed by atoms with Crippen LogP contribution in [-0.2, 0) is 0 Å². The highest BCUT2D eigenvalue weighted by Crippen LogP contribution is 2.47. The van der Waals surface area contributed by atoms with Gasteiger partial charge in [0.15, 0.2) is 0 Å². The van der Waals surface area contributed by atoms with E-state index >= 15 is 0 Å². The first-order valence-electron chi connectivity index (χ1n) is 19.4. The fraction of sp³-hybridized carbons (Fsp3) is 0.160. The minimum atomic E-state index is 0.0931. The Bertz CT molecular complexity index is 2450. The van der Waals surface area contributed by atoms with E-state index in [-0.39, 0.29) is 6.71 Å². The molecule has 2 heterocycles. The Hall–Kier alpha value is -5.80. The van der Waals surface area contributed by atoms with Crippen molar-refractivity contribution in [2.24, 2.45) is 0 Å². The van der Waals surface area contributed by atoms with Gasteiger partial charge in [-0.05, 0) is 125 Å². The number of anilines is 6. The summed E-state index contributed by atoms with van der Waals surface area (Å²) in [5, 5.41) is 0. The monoisotopic (exact) mass is 682 g/mol. The first-order valence-corrected chi connectivity index (χ1v) is 19.4. The molecule has 0 unspecified atom stereocenters. The van der Waals surface area contributed by atoms with Crippen LogP contribution >= 0.6 is 0 Å². The topological polar surface area (TPSA) is 6.48 Å². The van der Waals surface area contributed by atoms with E-state index in [0.717, 1.165) is 0 Å². The predicted octanol–water partition coefficient (Wildman–Crippen LogP) is 11.8. The molecule has 0 N–H and O–H groups in total. The van der Waals surface area contributed by atoms with E-state index in [1.165, 1.54) is 122 Å². The summed E-state index contributed by atoms with van der Waals surface area (Å²) < 4.78 is 0. The molecule has 0 saturated heterocycles. The van der Waals surface area contributed by atoms with Crippen molar-refractivity contribution in [3.05, 3.63) is 174 Å². The molecule has 0 aromatic heterocycles. The highest BCUT2D eigenvalue weighted by molar-refractivity contribution is 7.00. The lowest BCUT2D eigenvalue weighted by atomic mass is 9.33. The molecule has 7 aromatic rings. The fourth-order valence-corrected chi connectivity index (χ4v) is 9.31. The van der Waals surface area contributed by atoms with Gasteiger partial charge in [-0.3, -0.25) is 0 Å². The minimum absolute atomic E-state index is 0.0931. The molecule has 3 aliphatic rings. The lowest BCUT2D eigenvalue weighted by Crippen LogP contribution is -2.61. The van der Waals surface area contributed by atoms with Gasteiger partial charge in [0.05, 0.1) is 0 Å². The molecular weight excluding hydrogens is 639 g/mol. The normalized spacial score (nSPS) is 14.8. The van der Waals surface area contributed by atoms with E-state index in [0.29, 0.717) is 5.92 Å². The summed E-state index contributed by atoms with van der Waals surface area (Å²) in [7, 11) is 0. The van der Waals surface area contributed by atoms with Crippen molar-refractivity contribution in [3.63, 3.8) is 0 Å². The van der Waals surface area contributed by atoms with Crippen LogP contribution in [0.5, 0.6) is 0 Å². The van der Waals surface area contributed by atoms with E-state index in [2.05, 4.69) is 181 Å². The summed E-state index contributed by atoms with van der Waals surface area (Å²) >= 11 is 0. The van der Waals surface area contributed by atoms with Gasteiger partial charge in [0.25, 0.3) is 6.71 Å². The molecule has 0 amide bonds. The van der Waals surface area contributed by atoms with Gasteiger partial charge in [0.1, 0.15) is 0 Å². The second-order valence-corrected chi connectivity index (χ2v) is 15.4. The van der Waals surface area contributed by atoms with Gasteiger partial charge in [0, 0.05) is 34.1 Å². The summed E-state index contributed by atoms with van der Waals surface area (Å²) in [6, 6.07) is 59.4. The Kier molecular flexibility index (Phi) is 7.83. The van der Waals surface area contributed by atoms with Gasteiger partial charge >= 0.3 is 0 Å². The Morgan fingerprint density at radius 3 is 1.60 bits per heavy atom. The second-order valence-electron chi connectivity index (χ2n) is 15.4. The molecule has 10 rings (SSSR count). The van der Waals surface area contributed by atoms with Crippen LogP contribution in [-0.4, -0.2) is 6.71 Å². The number of benzene rings is 7. The third-order valence-corrected chi connectivity index (χ3v) is 12.0. The zero-order valence-corrected chi connectivity index (χ0v) is 30.6. The van der Waals surface area contributed by atoms with Crippen LogP contribution < -0.4 is 26.2 Å². The maximum absolute atomic E-state index is 2.57. The number of aryl methyl sites for hydroxylation is 2. The van der Waals surface area contributed by atoms with Crippen molar-refractivity contribution in [2.45, 2.75) is 51.9 Å². The van der Waals surface area contributed by atoms with Crippen LogP contribution in [0.3, 0.4) is 0 Å². The van der Waals surface area contributed by atoms with Crippen LogP contribution in [0.1, 0.15) is 54.7 Å². The van der Waals surface area contributed by atoms with E-state index in [9.17, 15) is 0 Å². The van der Waals surface area contributed by atoms with Crippen LogP contribution in [0.4, 0.5) is 34.1 Å². The number of nitrogens with zero attached hydrogens (tertiary/aromatic N) is 2. The molecule has 1 fully saturated rings. The Morgan fingerprint density at radius 1 is 0.434 bits per heavy atom. The summed E-state index contributed by atoms with van der Waals surface area (Å²) in [6.07, 6.45) is 6.49. The average molecular weight is 683 g/mol. The van der Waals surface area contributed by atoms with Gasteiger partial charge in [-0.25, -0.2) is 0 Å². The quantitative estimate of drug-likeness (QED) is 0.167. The number of rotatable bonds is 5. The maximum Gasteiger partial charge on any atom is 0.252 e. The first-order chi connectivity index (χ1) is 26.1. The van der Waals surface area contributed by atoms with E-state index in [4.69, 9.17) is 0 Å². The average Bonchev–Trinajstić information content (AvgIpc) is 3.22. The van der Waals surface area contributed by atoms with Crippen LogP contribution in [0.15, 0.2) is 158 Å². The van der Waals surface area contributed by atoms with Gasteiger partial charge in [-0.15, -0.1) is 0 Å². The van der Waals surface area contributed by atoms with E-state index in [1.54, 1.807) is 0 Å². The first kappa shape index (κ1) is 31.9. The Balaban J connectivity index is 1.23. The van der Waals surface area contributed by atoms with Crippen LogP contribution in [0.2, 0.25) is 0 Å². The van der Waals surface area contributed by atoms with Crippen molar-refractivity contribution in [1.82, 2.24) is 0 Å². The van der Waals surface area contributed by atoms with Crippen molar-refractivity contribution < 1.29 is 0 Å². The fourth-order valence-electron chi connectivity index (χ4n) is 9.31. The van der Waals surface area contributed by atoms with Crippen molar-refractivity contribution in [3.8, 4) is 22.3 Å². The molecule has 2 aliphatic heterocycles. The molecule has 3 heteroatoms. The molecule has 0 radical (unpaired) electrons. The number of fused-ring (bicyclic) bond motifs is 4. The molecular formula is C50H43BN2. The van der Waals surface area contributed by atoms with E-state index in [1.807, 2.05) is 0 Å². The lowest BCUT2D eigenvalue weighted by molar-refractivity contribution is 0.444. The van der Waals surface area contributed by atoms with Crippen molar-refractivity contribution in [2.75, 3.05) is 9.80 Å². The SMILES string of the molecule is Cc1ccc(N2c3ccc(C)cc3B3c4cc(-c5ccc(-c6ccccc6)cc5)ccc4N(c4ccccc4)c4cc(C5CCCCC5)cc2c43)cc1. The highest BCUT2D eigenvalue weighted by Gasteiger charge is 2.44. The Morgan fingerprint density at radius 2 is 0.943 bits per heavy atom. The Labute approximate surface area is 314 Å². The summed E-state index contributed by atoms with van der Waals surface area (Å²) in [4.78, 5) is 5.13. The molecule has 0 bridgehead atoms. The van der Waals surface area contributed by atoms with Gasteiger partial charge < -0.3 is 9.80 Å². The zero-order chi connectivity index (χ0) is 35.5. The molecule has 1 saturated carbocycles. The minimum Gasteiger partial charge on any atom is -0.311 e. The maximum atomic E-state index is 2.57. The molecule has 2 nitrogen and oxygen atoms in total. The summed E-state index contributed by atoms with van der Waals surface area (Å²) in [5.74, 6) is 0.572. The summed E-state index contributed by atoms with van der Waals surface area (Å²) in [5.41, 5.74) is 20.7. The van der Waals surface area contributed by atoms with Gasteiger partial charge in [0.2, 0.25) is 0 Å². The summed E-state index contributed by atoms with van der Waals surface area (Å²) in [6.45, 7) is 4.51. The molecule has 256 valence electrons. The molecule has 1 aliphatic carbocycles. The standard InChI is InChI=1S/C50H43BN2/c1-34-18-26-43(27-19-34)53-46-28-20-35(2)30-44(46)51-45-31-40(39-23-21-38(22-24-39)36-12-6-3-7-13-36)25-29-47(45)52(42-16-10-5-11-17-42)48-32-41(33-49(53)50(48)51)37-14-8-4-9-15-37/h3,5-7,10-13,16-33,37H,4,8-9,14-15H2,1-2H3. The van der Waals surface area contributed by atoms with Crippen LogP contribution in [0.25, 0.3) is 22.3 Å². The number of hydrogen-bond acceptors (Lipinski definition) is 2. The van der Waals surface area contributed by atoms with Crippen molar-refractivity contribution in [1.29, 1.82) is 0 Å². The molecule has 0 atom stereocenters. The lowest BCUT2D eigenvalue weighted by Gasteiger charge is -2.45. The number of hydrogen-bond donors (Lipinski definition) is 0. The number of para-hydroxylation sites is 1. The molecule has 53 heavy (non-hydrogen) atoms.